The Labute approximate surface area is 49.8 Å². The molecule has 48 valence electrons. The van der Waals surface area contributed by atoms with E-state index in [1.165, 1.54) is 0 Å². The van der Waals surface area contributed by atoms with Crippen molar-refractivity contribution in [1.29, 1.82) is 0 Å². The van der Waals surface area contributed by atoms with Crippen molar-refractivity contribution < 1.29 is 9.47 Å². The standard InChI is InChI=1S/C6H12O2/c1-3-6(2)4-7-5-8-6/h3-5H2,1-2H3. The molecule has 0 N–H and O–H groups in total. The summed E-state index contributed by atoms with van der Waals surface area (Å²) in [6.07, 6.45) is 1.03. The van der Waals surface area contributed by atoms with Crippen molar-refractivity contribution in [2.45, 2.75) is 25.9 Å². The van der Waals surface area contributed by atoms with E-state index in [1.54, 1.807) is 0 Å². The molecule has 2 heteroatoms. The van der Waals surface area contributed by atoms with Crippen LogP contribution in [0.15, 0.2) is 0 Å². The van der Waals surface area contributed by atoms with Crippen LogP contribution in [0.25, 0.3) is 0 Å². The van der Waals surface area contributed by atoms with Crippen molar-refractivity contribution in [3.05, 3.63) is 0 Å². The fraction of sp³-hybridized carbons (Fsp3) is 1.00. The van der Waals surface area contributed by atoms with Gasteiger partial charge < -0.3 is 9.47 Å². The summed E-state index contributed by atoms with van der Waals surface area (Å²) in [4.78, 5) is 0. The van der Waals surface area contributed by atoms with Gasteiger partial charge in [-0.25, -0.2) is 0 Å². The van der Waals surface area contributed by atoms with Crippen molar-refractivity contribution in [2.24, 2.45) is 0 Å². The van der Waals surface area contributed by atoms with Crippen molar-refractivity contribution in [1.82, 2.24) is 0 Å². The van der Waals surface area contributed by atoms with E-state index >= 15 is 0 Å². The second-order valence-electron chi connectivity index (χ2n) is 2.41. The SMILES string of the molecule is CCC1(C)COCO1. The summed E-state index contributed by atoms with van der Waals surface area (Å²) in [5.74, 6) is 0. The van der Waals surface area contributed by atoms with Crippen molar-refractivity contribution >= 4 is 0 Å². The third kappa shape index (κ3) is 1.01. The van der Waals surface area contributed by atoms with Gasteiger partial charge in [0.05, 0.1) is 12.2 Å². The van der Waals surface area contributed by atoms with Gasteiger partial charge in [0.25, 0.3) is 0 Å². The first-order chi connectivity index (χ1) is 3.77. The quantitative estimate of drug-likeness (QED) is 0.511. The molecular formula is C6H12O2. The average molecular weight is 116 g/mol. The molecule has 2 nitrogen and oxygen atoms in total. The maximum atomic E-state index is 5.27. The molecule has 1 heterocycles. The van der Waals surface area contributed by atoms with Crippen LogP contribution in [0.2, 0.25) is 0 Å². The van der Waals surface area contributed by atoms with Gasteiger partial charge in [-0.05, 0) is 13.3 Å². The van der Waals surface area contributed by atoms with Crippen LogP contribution in [0.5, 0.6) is 0 Å². The van der Waals surface area contributed by atoms with Gasteiger partial charge in [0.15, 0.2) is 0 Å². The molecule has 0 amide bonds. The highest BCUT2D eigenvalue weighted by Crippen LogP contribution is 2.20. The number of rotatable bonds is 1. The molecule has 0 spiro atoms. The largest absolute Gasteiger partial charge is 0.352 e. The number of hydrogen-bond acceptors (Lipinski definition) is 2. The molecule has 0 saturated carbocycles. The van der Waals surface area contributed by atoms with Crippen molar-refractivity contribution in [3.63, 3.8) is 0 Å². The molecule has 0 aromatic rings. The summed E-state index contributed by atoms with van der Waals surface area (Å²) in [5.41, 5.74) is 0.0139. The lowest BCUT2D eigenvalue weighted by atomic mass is 10.1. The van der Waals surface area contributed by atoms with Crippen molar-refractivity contribution in [3.8, 4) is 0 Å². The van der Waals surface area contributed by atoms with E-state index in [-0.39, 0.29) is 5.60 Å². The van der Waals surface area contributed by atoms with Gasteiger partial charge >= 0.3 is 0 Å². The zero-order valence-corrected chi connectivity index (χ0v) is 5.44. The predicted octanol–water partition coefficient (Wildman–Crippen LogP) is 1.16. The third-order valence-electron chi connectivity index (χ3n) is 1.65. The second-order valence-corrected chi connectivity index (χ2v) is 2.41. The summed E-state index contributed by atoms with van der Waals surface area (Å²) < 4.78 is 10.3. The first kappa shape index (κ1) is 6.05. The zero-order chi connectivity index (χ0) is 6.04. The van der Waals surface area contributed by atoms with Gasteiger partial charge in [0, 0.05) is 0 Å². The molecule has 0 aromatic carbocycles. The Morgan fingerprint density at radius 3 is 2.62 bits per heavy atom. The molecule has 8 heavy (non-hydrogen) atoms. The molecule has 1 aliphatic rings. The van der Waals surface area contributed by atoms with E-state index in [9.17, 15) is 0 Å². The minimum atomic E-state index is 0.0139. The summed E-state index contributed by atoms with van der Waals surface area (Å²) in [7, 11) is 0. The topological polar surface area (TPSA) is 18.5 Å². The van der Waals surface area contributed by atoms with Gasteiger partial charge in [-0.2, -0.15) is 0 Å². The highest BCUT2D eigenvalue weighted by atomic mass is 16.7. The lowest BCUT2D eigenvalue weighted by Gasteiger charge is -2.17. The Morgan fingerprint density at radius 2 is 2.38 bits per heavy atom. The maximum Gasteiger partial charge on any atom is 0.147 e. The fourth-order valence-corrected chi connectivity index (χ4v) is 0.687. The Morgan fingerprint density at radius 1 is 1.62 bits per heavy atom. The van der Waals surface area contributed by atoms with E-state index in [2.05, 4.69) is 13.8 Å². The highest BCUT2D eigenvalue weighted by Gasteiger charge is 2.27. The van der Waals surface area contributed by atoms with E-state index in [4.69, 9.17) is 9.47 Å². The molecule has 1 fully saturated rings. The zero-order valence-electron chi connectivity index (χ0n) is 5.44. The Bertz CT molecular complexity index is 74.6. The summed E-state index contributed by atoms with van der Waals surface area (Å²) in [5, 5.41) is 0. The second kappa shape index (κ2) is 2.03. The van der Waals surface area contributed by atoms with Crippen LogP contribution in [0.4, 0.5) is 0 Å². The van der Waals surface area contributed by atoms with Crippen LogP contribution in [0.3, 0.4) is 0 Å². The first-order valence-electron chi connectivity index (χ1n) is 2.98. The normalized spacial score (nSPS) is 38.2. The minimum absolute atomic E-state index is 0.0139. The number of ether oxygens (including phenoxy) is 2. The van der Waals surface area contributed by atoms with E-state index in [0.29, 0.717) is 6.79 Å². The molecule has 0 aliphatic carbocycles. The van der Waals surface area contributed by atoms with Crippen LogP contribution in [0, 0.1) is 0 Å². The molecule has 0 aromatic heterocycles. The molecule has 1 rings (SSSR count). The van der Waals surface area contributed by atoms with Crippen LogP contribution >= 0.6 is 0 Å². The maximum absolute atomic E-state index is 5.27. The Kier molecular flexibility index (Phi) is 1.54. The molecule has 1 atom stereocenters. The van der Waals surface area contributed by atoms with Gasteiger partial charge in [-0.15, -0.1) is 0 Å². The average Bonchev–Trinajstić information content (AvgIpc) is 2.17. The van der Waals surface area contributed by atoms with Gasteiger partial charge in [0.2, 0.25) is 0 Å². The van der Waals surface area contributed by atoms with Gasteiger partial charge in [-0.1, -0.05) is 6.92 Å². The molecule has 0 radical (unpaired) electrons. The lowest BCUT2D eigenvalue weighted by molar-refractivity contribution is 0.000317. The molecule has 0 bridgehead atoms. The van der Waals surface area contributed by atoms with Crippen LogP contribution in [-0.2, 0) is 9.47 Å². The van der Waals surface area contributed by atoms with E-state index in [1.807, 2.05) is 0 Å². The van der Waals surface area contributed by atoms with Gasteiger partial charge in [0.1, 0.15) is 6.79 Å². The summed E-state index contributed by atoms with van der Waals surface area (Å²) >= 11 is 0. The highest BCUT2D eigenvalue weighted by molar-refractivity contribution is 4.74. The Balaban J connectivity index is 2.40. The molecular weight excluding hydrogens is 104 g/mol. The summed E-state index contributed by atoms with van der Waals surface area (Å²) in [6, 6.07) is 0. The summed E-state index contributed by atoms with van der Waals surface area (Å²) in [6.45, 7) is 5.41. The van der Waals surface area contributed by atoms with Crippen LogP contribution in [0.1, 0.15) is 20.3 Å². The minimum Gasteiger partial charge on any atom is -0.352 e. The monoisotopic (exact) mass is 116 g/mol. The fourth-order valence-electron chi connectivity index (χ4n) is 0.687. The Hall–Kier alpha value is -0.0800. The number of hydrogen-bond donors (Lipinski definition) is 0. The molecule has 1 aliphatic heterocycles. The third-order valence-corrected chi connectivity index (χ3v) is 1.65. The smallest absolute Gasteiger partial charge is 0.147 e. The predicted molar refractivity (Wildman–Crippen MR) is 30.6 cm³/mol. The van der Waals surface area contributed by atoms with Crippen molar-refractivity contribution in [2.75, 3.05) is 13.4 Å². The van der Waals surface area contributed by atoms with Crippen LogP contribution in [-0.4, -0.2) is 19.0 Å². The van der Waals surface area contributed by atoms with Gasteiger partial charge in [-0.3, -0.25) is 0 Å². The van der Waals surface area contributed by atoms with E-state index in [0.717, 1.165) is 13.0 Å². The molecule has 1 unspecified atom stereocenters. The molecule has 1 saturated heterocycles. The van der Waals surface area contributed by atoms with E-state index < -0.39 is 0 Å². The van der Waals surface area contributed by atoms with Crippen LogP contribution < -0.4 is 0 Å². The lowest BCUT2D eigenvalue weighted by Crippen LogP contribution is -2.25. The first-order valence-corrected chi connectivity index (χ1v) is 2.98.